The van der Waals surface area contributed by atoms with Gasteiger partial charge in [-0.3, -0.25) is 9.59 Å². The van der Waals surface area contributed by atoms with Crippen LogP contribution in [-0.2, 0) is 16.0 Å². The molecule has 1 saturated heterocycles. The number of hydrogen-bond acceptors (Lipinski definition) is 5. The van der Waals surface area contributed by atoms with E-state index in [0.717, 1.165) is 36.3 Å². The van der Waals surface area contributed by atoms with Gasteiger partial charge in [-0.2, -0.15) is 0 Å². The van der Waals surface area contributed by atoms with Gasteiger partial charge in [-0.1, -0.05) is 30.3 Å². The van der Waals surface area contributed by atoms with Crippen LogP contribution in [0.5, 0.6) is 5.75 Å². The van der Waals surface area contributed by atoms with Crippen molar-refractivity contribution in [3.63, 3.8) is 0 Å². The monoisotopic (exact) mass is 406 g/mol. The van der Waals surface area contributed by atoms with Crippen LogP contribution in [0.2, 0.25) is 0 Å². The molecular weight excluding hydrogens is 380 g/mol. The first-order valence-electron chi connectivity index (χ1n) is 10.2. The summed E-state index contributed by atoms with van der Waals surface area (Å²) in [4.78, 5) is 29.5. The smallest absolute Gasteiger partial charge is 0.295 e. The summed E-state index contributed by atoms with van der Waals surface area (Å²) in [6.45, 7) is 1.85. The average molecular weight is 406 g/mol. The van der Waals surface area contributed by atoms with E-state index in [1.165, 1.54) is 0 Å². The molecule has 4 rings (SSSR count). The van der Waals surface area contributed by atoms with E-state index < -0.39 is 17.7 Å². The van der Waals surface area contributed by atoms with Gasteiger partial charge in [-0.15, -0.1) is 0 Å². The van der Waals surface area contributed by atoms with Crippen molar-refractivity contribution < 1.29 is 19.4 Å². The Bertz CT molecular complexity index is 998. The van der Waals surface area contributed by atoms with Crippen LogP contribution in [0.1, 0.15) is 29.2 Å². The molecule has 2 aromatic rings. The van der Waals surface area contributed by atoms with Gasteiger partial charge in [0.1, 0.15) is 11.5 Å². The molecule has 1 N–H and O–H groups in total. The second kappa shape index (κ2) is 8.32. The van der Waals surface area contributed by atoms with Gasteiger partial charge in [-0.25, -0.2) is 0 Å². The lowest BCUT2D eigenvalue weighted by Crippen LogP contribution is -2.32. The van der Waals surface area contributed by atoms with Crippen LogP contribution in [-0.4, -0.2) is 60.4 Å². The van der Waals surface area contributed by atoms with Gasteiger partial charge in [0.15, 0.2) is 0 Å². The molecule has 0 aromatic heterocycles. The molecule has 30 heavy (non-hydrogen) atoms. The SMILES string of the molecule is CN(C)CCCN1C(=O)C(=O)/C(=C(\O)c2ccc3c(c2)CCO3)C1c1ccccc1. The summed E-state index contributed by atoms with van der Waals surface area (Å²) in [5, 5.41) is 11.1. The Hall–Kier alpha value is -3.12. The quantitative estimate of drug-likeness (QED) is 0.454. The van der Waals surface area contributed by atoms with Crippen LogP contribution >= 0.6 is 0 Å². The molecule has 2 aromatic carbocycles. The van der Waals surface area contributed by atoms with E-state index in [1.807, 2.05) is 61.5 Å². The number of Topliss-reactive ketones (excluding diaryl/α,β-unsaturated/α-hetero) is 1. The highest BCUT2D eigenvalue weighted by Crippen LogP contribution is 2.40. The third kappa shape index (κ3) is 3.71. The standard InChI is InChI=1S/C24H26N2O4/c1-25(2)12-6-13-26-21(16-7-4-3-5-8-16)20(23(28)24(26)29)22(27)18-9-10-19-17(15-18)11-14-30-19/h3-5,7-10,15,21,27H,6,11-14H2,1-2H3/b22-20-. The first-order valence-corrected chi connectivity index (χ1v) is 10.2. The van der Waals surface area contributed by atoms with Crippen LogP contribution in [0.3, 0.4) is 0 Å². The molecule has 2 aliphatic rings. The Morgan fingerprint density at radius 2 is 1.93 bits per heavy atom. The van der Waals surface area contributed by atoms with Crippen molar-refractivity contribution >= 4 is 17.4 Å². The fourth-order valence-corrected chi connectivity index (χ4v) is 4.14. The summed E-state index contributed by atoms with van der Waals surface area (Å²) in [6, 6.07) is 14.2. The summed E-state index contributed by atoms with van der Waals surface area (Å²) < 4.78 is 5.54. The van der Waals surface area contributed by atoms with Crippen LogP contribution in [0.15, 0.2) is 54.1 Å². The molecule has 156 valence electrons. The highest BCUT2D eigenvalue weighted by atomic mass is 16.5. The van der Waals surface area contributed by atoms with Crippen LogP contribution in [0.4, 0.5) is 0 Å². The highest BCUT2D eigenvalue weighted by molar-refractivity contribution is 6.46. The van der Waals surface area contributed by atoms with E-state index in [9.17, 15) is 14.7 Å². The number of hydrogen-bond donors (Lipinski definition) is 1. The molecule has 1 unspecified atom stereocenters. The molecule has 0 aliphatic carbocycles. The average Bonchev–Trinajstić information content (AvgIpc) is 3.31. The molecule has 0 radical (unpaired) electrons. The van der Waals surface area contributed by atoms with E-state index >= 15 is 0 Å². The number of ketones is 1. The van der Waals surface area contributed by atoms with Crippen LogP contribution in [0.25, 0.3) is 5.76 Å². The number of likely N-dealkylation sites (tertiary alicyclic amines) is 1. The Morgan fingerprint density at radius 3 is 2.67 bits per heavy atom. The van der Waals surface area contributed by atoms with Gasteiger partial charge in [0.2, 0.25) is 0 Å². The second-order valence-corrected chi connectivity index (χ2v) is 7.98. The number of rotatable bonds is 6. The van der Waals surface area contributed by atoms with Crippen molar-refractivity contribution in [3.05, 3.63) is 70.8 Å². The third-order valence-corrected chi connectivity index (χ3v) is 5.62. The zero-order valence-corrected chi connectivity index (χ0v) is 17.3. The van der Waals surface area contributed by atoms with Crippen molar-refractivity contribution in [3.8, 4) is 5.75 Å². The topological polar surface area (TPSA) is 70.1 Å². The summed E-state index contributed by atoms with van der Waals surface area (Å²) in [6.07, 6.45) is 1.50. The molecule has 6 nitrogen and oxygen atoms in total. The largest absolute Gasteiger partial charge is 0.507 e. The van der Waals surface area contributed by atoms with E-state index in [1.54, 1.807) is 11.0 Å². The molecule has 1 atom stereocenters. The Balaban J connectivity index is 1.77. The molecule has 0 spiro atoms. The van der Waals surface area contributed by atoms with Crippen molar-refractivity contribution in [2.75, 3.05) is 33.8 Å². The minimum atomic E-state index is -0.636. The number of nitrogens with zero attached hydrogens (tertiary/aromatic N) is 2. The van der Waals surface area contributed by atoms with E-state index in [-0.39, 0.29) is 11.3 Å². The number of aliphatic hydroxyl groups excluding tert-OH is 1. The van der Waals surface area contributed by atoms with Crippen molar-refractivity contribution in [1.29, 1.82) is 0 Å². The molecular formula is C24H26N2O4. The lowest BCUT2D eigenvalue weighted by molar-refractivity contribution is -0.139. The number of ether oxygens (including phenoxy) is 1. The summed E-state index contributed by atoms with van der Waals surface area (Å²) in [5.74, 6) is -0.529. The number of aliphatic hydroxyl groups is 1. The predicted molar refractivity (Wildman–Crippen MR) is 114 cm³/mol. The fourth-order valence-electron chi connectivity index (χ4n) is 4.14. The van der Waals surface area contributed by atoms with Crippen molar-refractivity contribution in [2.45, 2.75) is 18.9 Å². The molecule has 0 saturated carbocycles. The Kier molecular flexibility index (Phi) is 5.59. The van der Waals surface area contributed by atoms with Crippen molar-refractivity contribution in [1.82, 2.24) is 9.80 Å². The Morgan fingerprint density at radius 1 is 1.17 bits per heavy atom. The Labute approximate surface area is 176 Å². The highest BCUT2D eigenvalue weighted by Gasteiger charge is 2.45. The zero-order chi connectivity index (χ0) is 21.3. The molecule has 0 bridgehead atoms. The fraction of sp³-hybridized carbons (Fsp3) is 0.333. The molecule has 1 amide bonds. The third-order valence-electron chi connectivity index (χ3n) is 5.62. The van der Waals surface area contributed by atoms with Gasteiger partial charge >= 0.3 is 0 Å². The van der Waals surface area contributed by atoms with Crippen LogP contribution in [0, 0.1) is 0 Å². The molecule has 2 aliphatic heterocycles. The van der Waals surface area contributed by atoms with Gasteiger partial charge in [0, 0.05) is 18.5 Å². The normalized spacial score (nSPS) is 20.0. The first-order chi connectivity index (χ1) is 14.5. The number of fused-ring (bicyclic) bond motifs is 1. The number of carbonyl (C=O) groups excluding carboxylic acids is 2. The summed E-state index contributed by atoms with van der Waals surface area (Å²) in [5.41, 5.74) is 2.49. The van der Waals surface area contributed by atoms with Gasteiger partial charge in [-0.05, 0) is 56.4 Å². The van der Waals surface area contributed by atoms with E-state index in [0.29, 0.717) is 18.7 Å². The summed E-state index contributed by atoms with van der Waals surface area (Å²) in [7, 11) is 3.95. The van der Waals surface area contributed by atoms with Gasteiger partial charge < -0.3 is 19.6 Å². The van der Waals surface area contributed by atoms with Gasteiger partial charge in [0.05, 0.1) is 18.2 Å². The predicted octanol–water partition coefficient (Wildman–Crippen LogP) is 2.99. The van der Waals surface area contributed by atoms with E-state index in [4.69, 9.17) is 4.74 Å². The lowest BCUT2D eigenvalue weighted by atomic mass is 9.94. The molecule has 1 fully saturated rings. The van der Waals surface area contributed by atoms with Gasteiger partial charge in [0.25, 0.3) is 11.7 Å². The zero-order valence-electron chi connectivity index (χ0n) is 17.3. The molecule has 2 heterocycles. The maximum Gasteiger partial charge on any atom is 0.295 e. The maximum atomic E-state index is 13.0. The maximum absolute atomic E-state index is 13.0. The number of benzene rings is 2. The second-order valence-electron chi connectivity index (χ2n) is 7.98. The minimum absolute atomic E-state index is 0.132. The first kappa shape index (κ1) is 20.2. The lowest BCUT2D eigenvalue weighted by Gasteiger charge is -2.26. The van der Waals surface area contributed by atoms with E-state index in [2.05, 4.69) is 0 Å². The molecule has 6 heteroatoms. The minimum Gasteiger partial charge on any atom is -0.507 e. The number of amides is 1. The number of carbonyl (C=O) groups is 2. The van der Waals surface area contributed by atoms with Crippen LogP contribution < -0.4 is 4.74 Å². The summed E-state index contributed by atoms with van der Waals surface area (Å²) >= 11 is 0. The van der Waals surface area contributed by atoms with Crippen molar-refractivity contribution in [2.24, 2.45) is 0 Å².